The minimum absolute atomic E-state index is 0.245. The molecule has 2 aromatic rings. The van der Waals surface area contributed by atoms with Crippen molar-refractivity contribution >= 4 is 27.7 Å². The Hall–Kier alpha value is -1.04. The second-order valence-corrected chi connectivity index (χ2v) is 6.43. The molecule has 5 heteroatoms. The molecule has 0 bridgehead atoms. The number of aromatic nitrogens is 1. The van der Waals surface area contributed by atoms with Crippen LogP contribution < -0.4 is 10.1 Å². The zero-order valence-electron chi connectivity index (χ0n) is 12.2. The molecule has 1 aromatic carbocycles. The lowest BCUT2D eigenvalue weighted by atomic mass is 10.1. The highest BCUT2D eigenvalue weighted by atomic mass is 79.9. The van der Waals surface area contributed by atoms with Gasteiger partial charge in [0.05, 0.1) is 13.3 Å². The zero-order valence-corrected chi connectivity index (χ0v) is 14.6. The molecule has 1 atom stereocenters. The highest BCUT2D eigenvalue weighted by Crippen LogP contribution is 2.30. The fraction of sp³-hybridized carbons (Fsp3) is 0.312. The van der Waals surface area contributed by atoms with E-state index >= 15 is 0 Å². The maximum Gasteiger partial charge on any atom is 0.137 e. The average Bonchev–Trinajstić information content (AvgIpc) is 2.53. The van der Waals surface area contributed by atoms with Crippen molar-refractivity contribution in [1.82, 2.24) is 10.3 Å². The number of nitrogens with zero attached hydrogens (tertiary/aromatic N) is 1. The smallest absolute Gasteiger partial charge is 0.137 e. The summed E-state index contributed by atoms with van der Waals surface area (Å²) in [5.41, 5.74) is 1.15. The Morgan fingerprint density at radius 3 is 2.86 bits per heavy atom. The number of halogens is 1. The number of ether oxygens (including phenoxy) is 1. The van der Waals surface area contributed by atoms with E-state index < -0.39 is 0 Å². The maximum absolute atomic E-state index is 5.26. The quantitative estimate of drug-likeness (QED) is 0.740. The van der Waals surface area contributed by atoms with Crippen LogP contribution >= 0.6 is 27.7 Å². The third kappa shape index (κ3) is 4.73. The highest BCUT2D eigenvalue weighted by molar-refractivity contribution is 9.10. The third-order valence-corrected chi connectivity index (χ3v) is 5.19. The largest absolute Gasteiger partial charge is 0.495 e. The molecule has 2 rings (SSSR count). The molecule has 3 nitrogen and oxygen atoms in total. The van der Waals surface area contributed by atoms with Gasteiger partial charge in [0.2, 0.25) is 0 Å². The molecule has 0 amide bonds. The number of pyridine rings is 1. The minimum atomic E-state index is 0.245. The minimum Gasteiger partial charge on any atom is -0.495 e. The summed E-state index contributed by atoms with van der Waals surface area (Å²) in [6.45, 7) is 3.03. The van der Waals surface area contributed by atoms with Gasteiger partial charge in [-0.3, -0.25) is 4.98 Å². The normalized spacial score (nSPS) is 12.1. The van der Waals surface area contributed by atoms with E-state index in [4.69, 9.17) is 4.74 Å². The molecule has 0 aliphatic rings. The first-order chi connectivity index (χ1) is 10.2. The van der Waals surface area contributed by atoms with Gasteiger partial charge in [-0.05, 0) is 46.2 Å². The molecule has 0 saturated carbocycles. The predicted molar refractivity (Wildman–Crippen MR) is 92.1 cm³/mol. The topological polar surface area (TPSA) is 34.2 Å². The van der Waals surface area contributed by atoms with Crippen molar-refractivity contribution in [3.05, 3.63) is 52.8 Å². The van der Waals surface area contributed by atoms with Crippen molar-refractivity contribution < 1.29 is 4.74 Å². The van der Waals surface area contributed by atoms with Crippen molar-refractivity contribution in [2.24, 2.45) is 0 Å². The van der Waals surface area contributed by atoms with Crippen molar-refractivity contribution in [2.45, 2.75) is 17.9 Å². The molecule has 0 radical (unpaired) electrons. The van der Waals surface area contributed by atoms with Crippen LogP contribution in [0.1, 0.15) is 18.5 Å². The van der Waals surface area contributed by atoms with Crippen LogP contribution in [-0.2, 0) is 0 Å². The van der Waals surface area contributed by atoms with E-state index in [0.29, 0.717) is 0 Å². The molecule has 21 heavy (non-hydrogen) atoms. The molecule has 0 saturated heterocycles. The summed E-state index contributed by atoms with van der Waals surface area (Å²) in [6.07, 6.45) is 3.63. The Bertz CT molecular complexity index is 580. The molecular weight excluding hydrogens is 348 g/mol. The van der Waals surface area contributed by atoms with Gasteiger partial charge in [0.15, 0.2) is 0 Å². The summed E-state index contributed by atoms with van der Waals surface area (Å²) in [5.74, 6) is 1.73. The number of hydrogen-bond acceptors (Lipinski definition) is 4. The lowest BCUT2D eigenvalue weighted by Gasteiger charge is -2.18. The Morgan fingerprint density at radius 1 is 1.33 bits per heavy atom. The van der Waals surface area contributed by atoms with E-state index in [1.807, 2.05) is 30.1 Å². The summed E-state index contributed by atoms with van der Waals surface area (Å²) in [5, 5.41) is 3.51. The van der Waals surface area contributed by atoms with Crippen LogP contribution in [-0.4, -0.2) is 24.4 Å². The standard InChI is InChI=1S/C16H19BrN2OS/c1-3-19-15(12-8-13(20-2)10-18-9-12)11-21-16-7-5-4-6-14(16)17/h4-10,15,19H,3,11H2,1-2H3. The van der Waals surface area contributed by atoms with Crippen LogP contribution in [0.5, 0.6) is 5.75 Å². The van der Waals surface area contributed by atoms with Gasteiger partial charge in [-0.15, -0.1) is 11.8 Å². The predicted octanol–water partition coefficient (Wildman–Crippen LogP) is 4.30. The number of thioether (sulfide) groups is 1. The molecule has 0 aliphatic heterocycles. The van der Waals surface area contributed by atoms with Crippen LogP contribution in [0, 0.1) is 0 Å². The second-order valence-electron chi connectivity index (χ2n) is 4.51. The van der Waals surface area contributed by atoms with Crippen molar-refractivity contribution in [3.8, 4) is 5.75 Å². The van der Waals surface area contributed by atoms with Gasteiger partial charge in [0.25, 0.3) is 0 Å². The van der Waals surface area contributed by atoms with Gasteiger partial charge in [0, 0.05) is 27.4 Å². The lowest BCUT2D eigenvalue weighted by Crippen LogP contribution is -2.23. The van der Waals surface area contributed by atoms with E-state index in [-0.39, 0.29) is 6.04 Å². The first-order valence-electron chi connectivity index (χ1n) is 6.84. The third-order valence-electron chi connectivity index (χ3n) is 3.07. The summed E-state index contributed by atoms with van der Waals surface area (Å²) in [7, 11) is 1.67. The molecule has 0 aliphatic carbocycles. The Morgan fingerprint density at radius 2 is 2.14 bits per heavy atom. The summed E-state index contributed by atoms with van der Waals surface area (Å²) in [6, 6.07) is 10.6. The van der Waals surface area contributed by atoms with Crippen LogP contribution in [0.3, 0.4) is 0 Å². The molecule has 1 aromatic heterocycles. The monoisotopic (exact) mass is 366 g/mol. The van der Waals surface area contributed by atoms with Gasteiger partial charge in [-0.2, -0.15) is 0 Å². The Balaban J connectivity index is 2.10. The molecule has 0 spiro atoms. The van der Waals surface area contributed by atoms with E-state index in [9.17, 15) is 0 Å². The van der Waals surface area contributed by atoms with E-state index in [2.05, 4.69) is 51.4 Å². The summed E-state index contributed by atoms with van der Waals surface area (Å²) >= 11 is 5.42. The SMILES string of the molecule is CCNC(CSc1ccccc1Br)c1cncc(OC)c1. The van der Waals surface area contributed by atoms with Gasteiger partial charge in [-0.25, -0.2) is 0 Å². The second kappa shape index (κ2) is 8.41. The molecule has 0 fully saturated rings. The first kappa shape index (κ1) is 16.3. The fourth-order valence-electron chi connectivity index (χ4n) is 1.99. The highest BCUT2D eigenvalue weighted by Gasteiger charge is 2.13. The van der Waals surface area contributed by atoms with Gasteiger partial charge < -0.3 is 10.1 Å². The van der Waals surface area contributed by atoms with Gasteiger partial charge >= 0.3 is 0 Å². The molecule has 1 heterocycles. The average molecular weight is 367 g/mol. The van der Waals surface area contributed by atoms with E-state index in [1.165, 1.54) is 4.90 Å². The Kier molecular flexibility index (Phi) is 6.54. The lowest BCUT2D eigenvalue weighted by molar-refractivity contribution is 0.411. The van der Waals surface area contributed by atoms with Crippen LogP contribution in [0.4, 0.5) is 0 Å². The molecule has 1 N–H and O–H groups in total. The van der Waals surface area contributed by atoms with Gasteiger partial charge in [0.1, 0.15) is 5.75 Å². The van der Waals surface area contributed by atoms with Crippen LogP contribution in [0.15, 0.2) is 52.1 Å². The number of nitrogens with one attached hydrogen (secondary N) is 1. The first-order valence-corrected chi connectivity index (χ1v) is 8.62. The summed E-state index contributed by atoms with van der Waals surface area (Å²) < 4.78 is 6.39. The number of rotatable bonds is 7. The van der Waals surface area contributed by atoms with Gasteiger partial charge in [-0.1, -0.05) is 19.1 Å². The maximum atomic E-state index is 5.26. The van der Waals surface area contributed by atoms with Crippen LogP contribution in [0.25, 0.3) is 0 Å². The summed E-state index contributed by atoms with van der Waals surface area (Å²) in [4.78, 5) is 5.49. The van der Waals surface area contributed by atoms with Crippen molar-refractivity contribution in [3.63, 3.8) is 0 Å². The zero-order chi connectivity index (χ0) is 15.1. The van der Waals surface area contributed by atoms with Crippen molar-refractivity contribution in [2.75, 3.05) is 19.4 Å². The number of methoxy groups -OCH3 is 1. The fourth-order valence-corrected chi connectivity index (χ4v) is 3.66. The van der Waals surface area contributed by atoms with E-state index in [0.717, 1.165) is 28.1 Å². The molecular formula is C16H19BrN2OS. The van der Waals surface area contributed by atoms with Crippen molar-refractivity contribution in [1.29, 1.82) is 0 Å². The molecule has 1 unspecified atom stereocenters. The molecule has 112 valence electrons. The van der Waals surface area contributed by atoms with E-state index in [1.54, 1.807) is 13.3 Å². The number of hydrogen-bond donors (Lipinski definition) is 1. The Labute approximate surface area is 138 Å². The number of benzene rings is 1. The van der Waals surface area contributed by atoms with Crippen LogP contribution in [0.2, 0.25) is 0 Å².